The Morgan fingerprint density at radius 3 is 2.37 bits per heavy atom. The lowest BCUT2D eigenvalue weighted by Gasteiger charge is -2.07. The van der Waals surface area contributed by atoms with Crippen LogP contribution in [0.4, 0.5) is 5.69 Å². The molecule has 0 amide bonds. The molecule has 0 saturated heterocycles. The van der Waals surface area contributed by atoms with Gasteiger partial charge in [0.2, 0.25) is 0 Å². The molecule has 0 unspecified atom stereocenters. The highest BCUT2D eigenvalue weighted by Crippen LogP contribution is 2.23. The Balaban J connectivity index is 1.92. The summed E-state index contributed by atoms with van der Waals surface area (Å²) >= 11 is 1.59. The molecule has 6 heteroatoms. The molecule has 0 atom stereocenters. The third-order valence-corrected chi connectivity index (χ3v) is 4.97. The third kappa shape index (κ3) is 4.28. The number of methoxy groups -OCH3 is 1. The van der Waals surface area contributed by atoms with Gasteiger partial charge in [0, 0.05) is 11.9 Å². The SMILES string of the molecule is CCOC(=O)c1ccc(N=c2scc(-c3ccc(OC)cc3)n2CC)cc1. The van der Waals surface area contributed by atoms with Gasteiger partial charge in [-0.15, -0.1) is 11.3 Å². The molecule has 0 bridgehead atoms. The molecule has 0 spiro atoms. The number of rotatable bonds is 6. The molecule has 0 aliphatic carbocycles. The number of thiazole rings is 1. The first-order valence-electron chi connectivity index (χ1n) is 8.81. The van der Waals surface area contributed by atoms with Crippen LogP contribution in [0.2, 0.25) is 0 Å². The first-order valence-corrected chi connectivity index (χ1v) is 9.69. The lowest BCUT2D eigenvalue weighted by atomic mass is 10.1. The van der Waals surface area contributed by atoms with Gasteiger partial charge >= 0.3 is 5.97 Å². The molecule has 1 aromatic heterocycles. The second-order valence-corrected chi connectivity index (χ2v) is 6.59. The average molecular weight is 382 g/mol. The summed E-state index contributed by atoms with van der Waals surface area (Å²) in [5, 5.41) is 2.11. The van der Waals surface area contributed by atoms with Crippen LogP contribution in [-0.4, -0.2) is 24.3 Å². The van der Waals surface area contributed by atoms with E-state index in [0.29, 0.717) is 12.2 Å². The summed E-state index contributed by atoms with van der Waals surface area (Å²) in [6, 6.07) is 15.2. The van der Waals surface area contributed by atoms with Crippen LogP contribution in [-0.2, 0) is 11.3 Å². The molecule has 2 aromatic carbocycles. The number of carbonyl (C=O) groups is 1. The molecule has 0 aliphatic rings. The van der Waals surface area contributed by atoms with Crippen LogP contribution >= 0.6 is 11.3 Å². The van der Waals surface area contributed by atoms with E-state index >= 15 is 0 Å². The Morgan fingerprint density at radius 1 is 1.07 bits per heavy atom. The van der Waals surface area contributed by atoms with Crippen molar-refractivity contribution in [2.75, 3.05) is 13.7 Å². The molecule has 3 aromatic rings. The van der Waals surface area contributed by atoms with Crippen molar-refractivity contribution in [2.24, 2.45) is 4.99 Å². The number of carbonyl (C=O) groups excluding carboxylic acids is 1. The zero-order chi connectivity index (χ0) is 19.2. The second-order valence-electron chi connectivity index (χ2n) is 5.76. The highest BCUT2D eigenvalue weighted by Gasteiger charge is 2.08. The van der Waals surface area contributed by atoms with Crippen molar-refractivity contribution in [3.8, 4) is 17.0 Å². The topological polar surface area (TPSA) is 52.8 Å². The maximum Gasteiger partial charge on any atom is 0.338 e. The normalized spacial score (nSPS) is 11.4. The van der Waals surface area contributed by atoms with Crippen LogP contribution in [0.5, 0.6) is 5.75 Å². The van der Waals surface area contributed by atoms with E-state index in [1.54, 1.807) is 37.5 Å². The lowest BCUT2D eigenvalue weighted by molar-refractivity contribution is 0.0526. The standard InChI is InChI=1S/C21H22N2O3S/c1-4-23-19(15-8-12-18(25-3)13-9-15)14-27-21(23)22-17-10-6-16(7-11-17)20(24)26-5-2/h6-14H,4-5H2,1-3H3. The number of hydrogen-bond acceptors (Lipinski definition) is 5. The van der Waals surface area contributed by atoms with Crippen LogP contribution in [0.25, 0.3) is 11.3 Å². The van der Waals surface area contributed by atoms with Crippen molar-refractivity contribution in [1.82, 2.24) is 4.57 Å². The zero-order valence-electron chi connectivity index (χ0n) is 15.6. The molecule has 5 nitrogen and oxygen atoms in total. The number of esters is 1. The van der Waals surface area contributed by atoms with Gasteiger partial charge in [-0.2, -0.15) is 0 Å². The van der Waals surface area contributed by atoms with Crippen molar-refractivity contribution in [1.29, 1.82) is 0 Å². The minimum absolute atomic E-state index is 0.314. The molecule has 140 valence electrons. The van der Waals surface area contributed by atoms with E-state index in [9.17, 15) is 4.79 Å². The Kier molecular flexibility index (Phi) is 6.08. The molecule has 0 N–H and O–H groups in total. The van der Waals surface area contributed by atoms with Crippen LogP contribution < -0.4 is 9.54 Å². The van der Waals surface area contributed by atoms with Gasteiger partial charge < -0.3 is 14.0 Å². The maximum atomic E-state index is 11.8. The predicted molar refractivity (Wildman–Crippen MR) is 108 cm³/mol. The fourth-order valence-corrected chi connectivity index (χ4v) is 3.71. The minimum Gasteiger partial charge on any atom is -0.497 e. The van der Waals surface area contributed by atoms with Crippen LogP contribution in [0.3, 0.4) is 0 Å². The summed E-state index contributed by atoms with van der Waals surface area (Å²) in [6.45, 7) is 5.07. The van der Waals surface area contributed by atoms with E-state index in [4.69, 9.17) is 14.5 Å². The highest BCUT2D eigenvalue weighted by molar-refractivity contribution is 7.07. The summed E-state index contributed by atoms with van der Waals surface area (Å²) in [7, 11) is 1.66. The van der Waals surface area contributed by atoms with E-state index in [1.165, 1.54) is 0 Å². The smallest absolute Gasteiger partial charge is 0.338 e. The van der Waals surface area contributed by atoms with Crippen molar-refractivity contribution in [2.45, 2.75) is 20.4 Å². The number of benzene rings is 2. The van der Waals surface area contributed by atoms with Crippen molar-refractivity contribution < 1.29 is 14.3 Å². The molecular formula is C21H22N2O3S. The molecule has 3 rings (SSSR count). The third-order valence-electron chi connectivity index (χ3n) is 4.10. The van der Waals surface area contributed by atoms with Gasteiger partial charge in [0.25, 0.3) is 0 Å². The molecule has 0 fully saturated rings. The highest BCUT2D eigenvalue weighted by atomic mass is 32.1. The summed E-state index contributed by atoms with van der Waals surface area (Å²) in [4.78, 5) is 17.4. The van der Waals surface area contributed by atoms with Crippen LogP contribution in [0, 0.1) is 0 Å². The van der Waals surface area contributed by atoms with Gasteiger partial charge in [-0.05, 0) is 67.9 Å². The Labute approximate surface area is 162 Å². The molecule has 0 radical (unpaired) electrons. The average Bonchev–Trinajstić information content (AvgIpc) is 3.11. The number of hydrogen-bond donors (Lipinski definition) is 0. The number of aromatic nitrogens is 1. The first-order chi connectivity index (χ1) is 13.2. The fourth-order valence-electron chi connectivity index (χ4n) is 2.71. The largest absolute Gasteiger partial charge is 0.497 e. The minimum atomic E-state index is -0.314. The summed E-state index contributed by atoms with van der Waals surface area (Å²) in [5.74, 6) is 0.522. The number of nitrogens with zero attached hydrogens (tertiary/aromatic N) is 2. The van der Waals surface area contributed by atoms with Gasteiger partial charge in [-0.25, -0.2) is 9.79 Å². The van der Waals surface area contributed by atoms with Gasteiger partial charge in [-0.3, -0.25) is 0 Å². The molecule has 0 aliphatic heterocycles. The van der Waals surface area contributed by atoms with Gasteiger partial charge in [-0.1, -0.05) is 0 Å². The molecule has 1 heterocycles. The lowest BCUT2D eigenvalue weighted by Crippen LogP contribution is -2.14. The predicted octanol–water partition coefficient (Wildman–Crippen LogP) is 4.65. The summed E-state index contributed by atoms with van der Waals surface area (Å²) < 4.78 is 12.4. The quantitative estimate of drug-likeness (QED) is 0.583. The Hall–Kier alpha value is -2.86. The van der Waals surface area contributed by atoms with Gasteiger partial charge in [0.1, 0.15) is 5.75 Å². The van der Waals surface area contributed by atoms with E-state index in [1.807, 2.05) is 36.4 Å². The van der Waals surface area contributed by atoms with E-state index in [-0.39, 0.29) is 5.97 Å². The van der Waals surface area contributed by atoms with Crippen molar-refractivity contribution in [3.63, 3.8) is 0 Å². The zero-order valence-corrected chi connectivity index (χ0v) is 16.5. The van der Waals surface area contributed by atoms with Gasteiger partial charge in [0.15, 0.2) is 4.80 Å². The summed E-state index contributed by atoms with van der Waals surface area (Å²) in [5.41, 5.74) is 3.57. The van der Waals surface area contributed by atoms with E-state index < -0.39 is 0 Å². The monoisotopic (exact) mass is 382 g/mol. The Morgan fingerprint density at radius 2 is 1.78 bits per heavy atom. The van der Waals surface area contributed by atoms with Crippen molar-refractivity contribution in [3.05, 3.63) is 64.3 Å². The van der Waals surface area contributed by atoms with E-state index in [2.05, 4.69) is 16.9 Å². The Bertz CT molecular complexity index is 970. The van der Waals surface area contributed by atoms with Crippen LogP contribution in [0.15, 0.2) is 58.9 Å². The molecular weight excluding hydrogens is 360 g/mol. The molecule has 27 heavy (non-hydrogen) atoms. The van der Waals surface area contributed by atoms with Crippen LogP contribution in [0.1, 0.15) is 24.2 Å². The fraction of sp³-hybridized carbons (Fsp3) is 0.238. The maximum absolute atomic E-state index is 11.8. The van der Waals surface area contributed by atoms with Crippen molar-refractivity contribution >= 4 is 23.0 Å². The van der Waals surface area contributed by atoms with Gasteiger partial charge in [0.05, 0.1) is 30.7 Å². The first kappa shape index (κ1) is 18.9. The summed E-state index contributed by atoms with van der Waals surface area (Å²) in [6.07, 6.45) is 0. The second kappa shape index (κ2) is 8.68. The van der Waals surface area contributed by atoms with E-state index in [0.717, 1.165) is 34.0 Å². The number of ether oxygens (including phenoxy) is 2. The molecule has 0 saturated carbocycles.